The van der Waals surface area contributed by atoms with Crippen LogP contribution in [0.5, 0.6) is 5.75 Å². The Hall–Kier alpha value is -1.85. The Morgan fingerprint density at radius 1 is 1.04 bits per heavy atom. The van der Waals surface area contributed by atoms with Gasteiger partial charge in [-0.2, -0.15) is 0 Å². The van der Waals surface area contributed by atoms with Crippen LogP contribution in [-0.2, 0) is 4.79 Å². The smallest absolute Gasteiger partial charge is 0.299 e. The maximum Gasteiger partial charge on any atom is 0.299 e. The van der Waals surface area contributed by atoms with Crippen molar-refractivity contribution in [3.8, 4) is 5.75 Å². The second-order valence-electron chi connectivity index (χ2n) is 5.46. The van der Waals surface area contributed by atoms with Crippen LogP contribution in [-0.4, -0.2) is 24.8 Å². The molecule has 3 rings (SSSR count). The molecule has 1 aliphatic heterocycles. The van der Waals surface area contributed by atoms with Crippen LogP contribution in [0.3, 0.4) is 0 Å². The molecule has 0 aromatic heterocycles. The van der Waals surface area contributed by atoms with E-state index in [1.54, 1.807) is 18.2 Å². The number of fused-ring (bicyclic) bond motifs is 1. The van der Waals surface area contributed by atoms with E-state index < -0.39 is 11.7 Å². The molecule has 0 saturated heterocycles. The third kappa shape index (κ3) is 3.62. The Labute approximate surface area is 153 Å². The number of rotatable bonds is 6. The molecule has 0 atom stereocenters. The van der Waals surface area contributed by atoms with Gasteiger partial charge in [0.25, 0.3) is 11.7 Å². The zero-order valence-electron chi connectivity index (χ0n) is 12.8. The van der Waals surface area contributed by atoms with Gasteiger partial charge in [-0.3, -0.25) is 9.59 Å². The molecule has 124 valence electrons. The molecule has 0 unspecified atom stereocenters. The van der Waals surface area contributed by atoms with Crippen LogP contribution in [0.1, 0.15) is 23.2 Å². The van der Waals surface area contributed by atoms with Crippen molar-refractivity contribution in [3.63, 3.8) is 0 Å². The van der Waals surface area contributed by atoms with Crippen LogP contribution in [0.25, 0.3) is 0 Å². The van der Waals surface area contributed by atoms with E-state index in [1.807, 2.05) is 24.3 Å². The molecular weight excluding hydrogens is 394 g/mol. The molecule has 0 saturated carbocycles. The first-order chi connectivity index (χ1) is 11.6. The van der Waals surface area contributed by atoms with Crippen molar-refractivity contribution in [2.45, 2.75) is 12.8 Å². The van der Waals surface area contributed by atoms with E-state index >= 15 is 0 Å². The van der Waals surface area contributed by atoms with Crippen molar-refractivity contribution >= 4 is 44.9 Å². The molecule has 1 heterocycles. The average molecular weight is 409 g/mol. The number of amides is 1. The minimum Gasteiger partial charge on any atom is -0.494 e. The van der Waals surface area contributed by atoms with Gasteiger partial charge in [-0.1, -0.05) is 27.5 Å². The first-order valence-corrected chi connectivity index (χ1v) is 8.77. The topological polar surface area (TPSA) is 46.6 Å². The first-order valence-electron chi connectivity index (χ1n) is 7.60. The van der Waals surface area contributed by atoms with Crippen LogP contribution >= 0.6 is 27.5 Å². The zero-order chi connectivity index (χ0) is 17.1. The third-order valence-corrected chi connectivity index (χ3v) is 4.56. The number of Topliss-reactive ketones (excluding diaryl/α,β-unsaturated/α-hetero) is 1. The number of unbranched alkanes of at least 4 members (excludes halogenated alkanes) is 1. The van der Waals surface area contributed by atoms with E-state index in [2.05, 4.69) is 15.9 Å². The number of carbonyl (C=O) groups is 2. The molecule has 1 amide bonds. The predicted octanol–water partition coefficient (Wildman–Crippen LogP) is 4.49. The van der Waals surface area contributed by atoms with Crippen molar-refractivity contribution in [2.24, 2.45) is 0 Å². The summed E-state index contributed by atoms with van der Waals surface area (Å²) in [5, 5.41) is 0.458. The van der Waals surface area contributed by atoms with Gasteiger partial charge in [0.2, 0.25) is 0 Å². The van der Waals surface area contributed by atoms with Crippen molar-refractivity contribution in [2.75, 3.05) is 18.1 Å². The van der Waals surface area contributed by atoms with E-state index in [-0.39, 0.29) is 0 Å². The van der Waals surface area contributed by atoms with Gasteiger partial charge in [0.1, 0.15) is 5.75 Å². The molecular formula is C18H15BrClNO3. The second-order valence-corrected chi connectivity index (χ2v) is 6.81. The molecule has 0 N–H and O–H groups in total. The van der Waals surface area contributed by atoms with E-state index in [0.717, 1.165) is 23.1 Å². The maximum atomic E-state index is 12.1. The summed E-state index contributed by atoms with van der Waals surface area (Å²) >= 11 is 9.27. The Kier molecular flexibility index (Phi) is 5.21. The quantitative estimate of drug-likeness (QED) is 0.522. The van der Waals surface area contributed by atoms with E-state index in [1.165, 1.54) is 4.90 Å². The summed E-state index contributed by atoms with van der Waals surface area (Å²) in [6.07, 6.45) is 1.54. The SMILES string of the molecule is O=C1C(=O)N(CCCCOc2ccc(Br)cc2)c2ccc(Cl)cc21. The Balaban J connectivity index is 1.51. The summed E-state index contributed by atoms with van der Waals surface area (Å²) in [6, 6.07) is 12.6. The number of nitrogens with zero attached hydrogens (tertiary/aromatic N) is 1. The Bertz CT molecular complexity index is 776. The molecule has 1 aliphatic rings. The largest absolute Gasteiger partial charge is 0.494 e. The highest BCUT2D eigenvalue weighted by atomic mass is 79.9. The van der Waals surface area contributed by atoms with Gasteiger partial charge in [-0.15, -0.1) is 0 Å². The summed E-state index contributed by atoms with van der Waals surface area (Å²) in [4.78, 5) is 25.6. The number of ether oxygens (including phenoxy) is 1. The number of ketones is 1. The predicted molar refractivity (Wildman–Crippen MR) is 97.0 cm³/mol. The van der Waals surface area contributed by atoms with Gasteiger partial charge >= 0.3 is 0 Å². The van der Waals surface area contributed by atoms with Gasteiger partial charge in [-0.05, 0) is 55.3 Å². The number of carbonyl (C=O) groups excluding carboxylic acids is 2. The van der Waals surface area contributed by atoms with Crippen LogP contribution in [0.4, 0.5) is 5.69 Å². The van der Waals surface area contributed by atoms with Crippen molar-refractivity contribution in [3.05, 3.63) is 57.5 Å². The van der Waals surface area contributed by atoms with Crippen molar-refractivity contribution in [1.29, 1.82) is 0 Å². The number of hydrogen-bond acceptors (Lipinski definition) is 3. The first kappa shape index (κ1) is 17.0. The monoisotopic (exact) mass is 407 g/mol. The molecule has 4 nitrogen and oxygen atoms in total. The lowest BCUT2D eigenvalue weighted by Crippen LogP contribution is -2.30. The van der Waals surface area contributed by atoms with E-state index in [4.69, 9.17) is 16.3 Å². The highest BCUT2D eigenvalue weighted by Gasteiger charge is 2.35. The fraction of sp³-hybridized carbons (Fsp3) is 0.222. The Morgan fingerprint density at radius 2 is 1.79 bits per heavy atom. The van der Waals surface area contributed by atoms with Gasteiger partial charge in [0.15, 0.2) is 0 Å². The lowest BCUT2D eigenvalue weighted by atomic mass is 10.1. The molecule has 0 bridgehead atoms. The van der Waals surface area contributed by atoms with Gasteiger partial charge in [0.05, 0.1) is 17.9 Å². The van der Waals surface area contributed by atoms with E-state index in [9.17, 15) is 9.59 Å². The zero-order valence-corrected chi connectivity index (χ0v) is 15.1. The van der Waals surface area contributed by atoms with Crippen LogP contribution in [0, 0.1) is 0 Å². The fourth-order valence-electron chi connectivity index (χ4n) is 2.59. The average Bonchev–Trinajstić information content (AvgIpc) is 2.81. The molecule has 24 heavy (non-hydrogen) atoms. The molecule has 0 aliphatic carbocycles. The highest BCUT2D eigenvalue weighted by molar-refractivity contribution is 9.10. The summed E-state index contributed by atoms with van der Waals surface area (Å²) in [5.74, 6) is -0.162. The molecule has 2 aromatic carbocycles. The molecule has 0 spiro atoms. The van der Waals surface area contributed by atoms with Gasteiger partial charge < -0.3 is 9.64 Å². The highest BCUT2D eigenvalue weighted by Crippen LogP contribution is 2.31. The molecule has 0 fully saturated rings. The normalized spacial score (nSPS) is 13.3. The lowest BCUT2D eigenvalue weighted by molar-refractivity contribution is -0.114. The number of benzene rings is 2. The van der Waals surface area contributed by atoms with Crippen molar-refractivity contribution in [1.82, 2.24) is 0 Å². The standard InChI is InChI=1S/C18H15BrClNO3/c19-12-3-6-14(7-4-12)24-10-2-1-9-21-16-8-5-13(20)11-15(16)17(22)18(21)23/h3-8,11H,1-2,9-10H2. The second kappa shape index (κ2) is 7.36. The summed E-state index contributed by atoms with van der Waals surface area (Å²) < 4.78 is 6.66. The fourth-order valence-corrected chi connectivity index (χ4v) is 3.02. The van der Waals surface area contributed by atoms with Gasteiger partial charge in [0, 0.05) is 16.0 Å². The molecule has 0 radical (unpaired) electrons. The minimum absolute atomic E-state index is 0.388. The maximum absolute atomic E-state index is 12.1. The van der Waals surface area contributed by atoms with Crippen LogP contribution < -0.4 is 9.64 Å². The summed E-state index contributed by atoms with van der Waals surface area (Å²) in [6.45, 7) is 1.05. The third-order valence-electron chi connectivity index (χ3n) is 3.79. The lowest BCUT2D eigenvalue weighted by Gasteiger charge is -2.16. The van der Waals surface area contributed by atoms with Crippen LogP contribution in [0.15, 0.2) is 46.9 Å². The Morgan fingerprint density at radius 3 is 2.54 bits per heavy atom. The number of halogens is 2. The summed E-state index contributed by atoms with van der Waals surface area (Å²) in [7, 11) is 0. The molecule has 2 aromatic rings. The molecule has 6 heteroatoms. The summed E-state index contributed by atoms with van der Waals surface area (Å²) in [5.41, 5.74) is 1.03. The van der Waals surface area contributed by atoms with Crippen molar-refractivity contribution < 1.29 is 14.3 Å². The van der Waals surface area contributed by atoms with Crippen LogP contribution in [0.2, 0.25) is 5.02 Å². The minimum atomic E-state index is -0.487. The van der Waals surface area contributed by atoms with E-state index in [0.29, 0.717) is 29.4 Å². The number of anilines is 1. The van der Waals surface area contributed by atoms with Gasteiger partial charge in [-0.25, -0.2) is 0 Å². The number of hydrogen-bond donors (Lipinski definition) is 0.